The molecule has 0 aliphatic carbocycles. The Morgan fingerprint density at radius 3 is 2.31 bits per heavy atom. The zero-order valence-electron chi connectivity index (χ0n) is 16.5. The average molecular weight is 399 g/mol. The summed E-state index contributed by atoms with van der Waals surface area (Å²) in [5.41, 5.74) is 1.34. The van der Waals surface area contributed by atoms with Crippen molar-refractivity contribution >= 4 is 23.6 Å². The summed E-state index contributed by atoms with van der Waals surface area (Å²) >= 11 is 0. The Morgan fingerprint density at radius 2 is 1.76 bits per heavy atom. The maximum atomic E-state index is 12.7. The molecule has 154 valence electrons. The van der Waals surface area contributed by atoms with Crippen LogP contribution in [0.25, 0.3) is 0 Å². The predicted molar refractivity (Wildman–Crippen MR) is 107 cm³/mol. The molecule has 1 fully saturated rings. The van der Waals surface area contributed by atoms with E-state index in [9.17, 15) is 14.4 Å². The number of aromatic carboxylic acids is 1. The highest BCUT2D eigenvalue weighted by Gasteiger charge is 2.25. The molecule has 2 heterocycles. The summed E-state index contributed by atoms with van der Waals surface area (Å²) in [4.78, 5) is 37.3. The van der Waals surface area contributed by atoms with Crippen molar-refractivity contribution in [1.82, 2.24) is 20.0 Å². The number of benzene rings is 1. The Hall–Kier alpha value is -3.36. The van der Waals surface area contributed by atoms with E-state index in [0.29, 0.717) is 37.2 Å². The van der Waals surface area contributed by atoms with E-state index in [1.54, 1.807) is 33.8 Å². The van der Waals surface area contributed by atoms with Crippen LogP contribution in [0.3, 0.4) is 0 Å². The van der Waals surface area contributed by atoms with E-state index in [0.717, 1.165) is 0 Å². The number of piperidine rings is 1. The maximum absolute atomic E-state index is 12.7. The number of carboxylic acid groups (broad SMARTS) is 1. The first-order chi connectivity index (χ1) is 13.8. The lowest BCUT2D eigenvalue weighted by Gasteiger charge is -2.32. The summed E-state index contributed by atoms with van der Waals surface area (Å²) < 4.78 is 1.67. The number of hydrogen-bond donors (Lipinski definition) is 3. The number of amides is 3. The Bertz CT molecular complexity index is 883. The number of carbonyl (C=O) groups is 3. The summed E-state index contributed by atoms with van der Waals surface area (Å²) in [7, 11) is 0. The summed E-state index contributed by atoms with van der Waals surface area (Å²) in [6.45, 7) is 4.90. The van der Waals surface area contributed by atoms with E-state index >= 15 is 0 Å². The van der Waals surface area contributed by atoms with Crippen molar-refractivity contribution in [2.24, 2.45) is 0 Å². The van der Waals surface area contributed by atoms with Gasteiger partial charge < -0.3 is 20.6 Å². The topological polar surface area (TPSA) is 117 Å². The van der Waals surface area contributed by atoms with Gasteiger partial charge in [-0.3, -0.25) is 9.48 Å². The number of nitrogens with zero attached hydrogens (tertiary/aromatic N) is 3. The Balaban J connectivity index is 1.54. The molecule has 1 saturated heterocycles. The van der Waals surface area contributed by atoms with Crippen molar-refractivity contribution in [3.05, 3.63) is 47.8 Å². The number of hydrogen-bond acceptors (Lipinski definition) is 4. The van der Waals surface area contributed by atoms with Crippen LogP contribution in [0.15, 0.2) is 36.7 Å². The van der Waals surface area contributed by atoms with Crippen molar-refractivity contribution in [3.8, 4) is 0 Å². The number of likely N-dealkylation sites (tertiary alicyclic amines) is 1. The van der Waals surface area contributed by atoms with Gasteiger partial charge in [0.05, 0.1) is 17.8 Å². The molecule has 0 atom stereocenters. The van der Waals surface area contributed by atoms with Gasteiger partial charge in [0.1, 0.15) is 0 Å². The minimum Gasteiger partial charge on any atom is -0.478 e. The number of carbonyl (C=O) groups excluding carboxylic acids is 2. The van der Waals surface area contributed by atoms with Crippen LogP contribution in [-0.4, -0.2) is 56.8 Å². The molecule has 3 rings (SSSR count). The number of nitrogens with one attached hydrogen (secondary N) is 2. The normalized spacial score (nSPS) is 14.7. The minimum atomic E-state index is -0.997. The molecule has 1 aliphatic rings. The summed E-state index contributed by atoms with van der Waals surface area (Å²) in [6.07, 6.45) is 4.30. The van der Waals surface area contributed by atoms with Crippen LogP contribution in [-0.2, 0) is 0 Å². The van der Waals surface area contributed by atoms with Crippen LogP contribution in [0, 0.1) is 0 Å². The molecular formula is C20H25N5O4. The molecule has 3 N–H and O–H groups in total. The molecule has 9 heteroatoms. The second kappa shape index (κ2) is 8.76. The van der Waals surface area contributed by atoms with Crippen LogP contribution in [0.4, 0.5) is 10.5 Å². The maximum Gasteiger partial charge on any atom is 0.338 e. The Kier molecular flexibility index (Phi) is 6.16. The molecular weight excluding hydrogens is 374 g/mol. The zero-order valence-corrected chi connectivity index (χ0v) is 16.5. The third kappa shape index (κ3) is 5.13. The second-order valence-corrected chi connectivity index (χ2v) is 7.37. The molecule has 2 aromatic rings. The first kappa shape index (κ1) is 20.4. The van der Waals surface area contributed by atoms with Gasteiger partial charge in [0.25, 0.3) is 5.91 Å². The van der Waals surface area contributed by atoms with Crippen molar-refractivity contribution in [1.29, 1.82) is 0 Å². The van der Waals surface area contributed by atoms with E-state index in [4.69, 9.17) is 5.11 Å². The van der Waals surface area contributed by atoms with Crippen LogP contribution in [0.5, 0.6) is 0 Å². The minimum absolute atomic E-state index is 0.0382. The van der Waals surface area contributed by atoms with E-state index in [2.05, 4.69) is 15.7 Å². The number of anilines is 1. The van der Waals surface area contributed by atoms with Crippen molar-refractivity contribution in [3.63, 3.8) is 0 Å². The van der Waals surface area contributed by atoms with Crippen LogP contribution < -0.4 is 10.6 Å². The Morgan fingerprint density at radius 1 is 1.10 bits per heavy atom. The molecule has 0 bridgehead atoms. The highest BCUT2D eigenvalue weighted by Crippen LogP contribution is 2.23. The summed E-state index contributed by atoms with van der Waals surface area (Å²) in [6, 6.07) is 6.65. The van der Waals surface area contributed by atoms with Gasteiger partial charge in [-0.25, -0.2) is 9.59 Å². The van der Waals surface area contributed by atoms with Crippen molar-refractivity contribution in [2.45, 2.75) is 38.8 Å². The summed E-state index contributed by atoms with van der Waals surface area (Å²) in [5.74, 6) is -1.06. The molecule has 9 nitrogen and oxygen atoms in total. The number of rotatable bonds is 5. The highest BCUT2D eigenvalue weighted by molar-refractivity contribution is 5.95. The first-order valence-electron chi connectivity index (χ1n) is 9.58. The van der Waals surface area contributed by atoms with Crippen molar-refractivity contribution in [2.75, 3.05) is 18.4 Å². The van der Waals surface area contributed by atoms with Gasteiger partial charge in [0.2, 0.25) is 0 Å². The third-order valence-electron chi connectivity index (χ3n) is 4.78. The lowest BCUT2D eigenvalue weighted by molar-refractivity contribution is 0.0688. The van der Waals surface area contributed by atoms with Crippen LogP contribution >= 0.6 is 0 Å². The molecule has 1 aromatic carbocycles. The molecule has 0 saturated carbocycles. The van der Waals surface area contributed by atoms with E-state index in [-0.39, 0.29) is 29.6 Å². The fraction of sp³-hybridized carbons (Fsp3) is 0.400. The first-order valence-corrected chi connectivity index (χ1v) is 9.58. The number of urea groups is 1. The monoisotopic (exact) mass is 399 g/mol. The average Bonchev–Trinajstić information content (AvgIpc) is 3.18. The van der Waals surface area contributed by atoms with Gasteiger partial charge in [0, 0.05) is 36.6 Å². The highest BCUT2D eigenvalue weighted by atomic mass is 16.4. The fourth-order valence-electron chi connectivity index (χ4n) is 3.29. The number of carboxylic acids is 1. The molecule has 0 radical (unpaired) electrons. The molecule has 0 unspecified atom stereocenters. The summed E-state index contributed by atoms with van der Waals surface area (Å²) in [5, 5.41) is 18.6. The number of aromatic nitrogens is 2. The SMILES string of the molecule is CC(C)NC(=O)Nc1ccc(C(=O)N2CCC(n3cc(C(=O)O)cn3)CC2)cc1. The van der Waals surface area contributed by atoms with Gasteiger partial charge in [-0.05, 0) is 51.0 Å². The largest absolute Gasteiger partial charge is 0.478 e. The lowest BCUT2D eigenvalue weighted by Crippen LogP contribution is -2.39. The zero-order chi connectivity index (χ0) is 21.0. The standard InChI is InChI=1S/C20H25N5O4/c1-13(2)22-20(29)23-16-5-3-14(4-6-16)18(26)24-9-7-17(8-10-24)25-12-15(11-21-25)19(27)28/h3-6,11-13,17H,7-10H2,1-2H3,(H,27,28)(H2,22,23,29). The van der Waals surface area contributed by atoms with E-state index < -0.39 is 5.97 Å². The second-order valence-electron chi connectivity index (χ2n) is 7.37. The predicted octanol–water partition coefficient (Wildman–Crippen LogP) is 2.59. The van der Waals surface area contributed by atoms with Gasteiger partial charge in [0.15, 0.2) is 0 Å². The fourth-order valence-corrected chi connectivity index (χ4v) is 3.29. The van der Waals surface area contributed by atoms with E-state index in [1.165, 1.54) is 12.4 Å². The molecule has 3 amide bonds. The lowest BCUT2D eigenvalue weighted by atomic mass is 10.0. The Labute approximate surface area is 168 Å². The van der Waals surface area contributed by atoms with Crippen molar-refractivity contribution < 1.29 is 19.5 Å². The smallest absolute Gasteiger partial charge is 0.338 e. The van der Waals surface area contributed by atoms with Crippen LogP contribution in [0.2, 0.25) is 0 Å². The van der Waals surface area contributed by atoms with Gasteiger partial charge in [-0.15, -0.1) is 0 Å². The molecule has 1 aliphatic heterocycles. The van der Waals surface area contributed by atoms with Crippen LogP contribution in [0.1, 0.15) is 53.4 Å². The van der Waals surface area contributed by atoms with Gasteiger partial charge >= 0.3 is 12.0 Å². The van der Waals surface area contributed by atoms with E-state index in [1.807, 2.05) is 13.8 Å². The molecule has 0 spiro atoms. The quantitative estimate of drug-likeness (QED) is 0.714. The third-order valence-corrected chi connectivity index (χ3v) is 4.78. The van der Waals surface area contributed by atoms with Gasteiger partial charge in [-0.2, -0.15) is 5.10 Å². The molecule has 29 heavy (non-hydrogen) atoms. The van der Waals surface area contributed by atoms with Gasteiger partial charge in [-0.1, -0.05) is 0 Å². The molecule has 1 aromatic heterocycles.